The van der Waals surface area contributed by atoms with Crippen molar-refractivity contribution in [2.45, 2.75) is 27.3 Å². The zero-order valence-corrected chi connectivity index (χ0v) is 13.2. The van der Waals surface area contributed by atoms with E-state index >= 15 is 0 Å². The zero-order valence-electron chi connectivity index (χ0n) is 13.2. The van der Waals surface area contributed by atoms with E-state index in [2.05, 4.69) is 5.32 Å². The molecule has 1 heterocycles. The van der Waals surface area contributed by atoms with Crippen molar-refractivity contribution in [2.24, 2.45) is 0 Å². The Labute approximate surface area is 131 Å². The van der Waals surface area contributed by atoms with Crippen LogP contribution in [0.1, 0.15) is 35.3 Å². The first-order chi connectivity index (χ1) is 10.7. The van der Waals surface area contributed by atoms with Crippen LogP contribution in [0.4, 0.5) is 0 Å². The lowest BCUT2D eigenvalue weighted by atomic mass is 10.1. The van der Waals surface area contributed by atoms with Crippen LogP contribution >= 0.6 is 0 Å². The van der Waals surface area contributed by atoms with Gasteiger partial charge in [-0.15, -0.1) is 0 Å². The van der Waals surface area contributed by atoms with Crippen LogP contribution in [0.25, 0.3) is 0 Å². The molecule has 1 N–H and O–H groups in total. The number of hydrogen-bond acceptors (Lipinski definition) is 3. The summed E-state index contributed by atoms with van der Waals surface area (Å²) < 4.78 is 10.6. The molecule has 4 nitrogen and oxygen atoms in total. The predicted octanol–water partition coefficient (Wildman–Crippen LogP) is 3.68. The Balaban J connectivity index is 0.000000847. The van der Waals surface area contributed by atoms with Gasteiger partial charge in [-0.1, -0.05) is 37.6 Å². The van der Waals surface area contributed by atoms with E-state index < -0.39 is 0 Å². The quantitative estimate of drug-likeness (QED) is 0.940. The van der Waals surface area contributed by atoms with Crippen LogP contribution in [0, 0.1) is 6.92 Å². The third-order valence-electron chi connectivity index (χ3n) is 3.20. The Bertz CT molecular complexity index is 635. The predicted molar refractivity (Wildman–Crippen MR) is 86.3 cm³/mol. The van der Waals surface area contributed by atoms with Gasteiger partial charge in [-0.2, -0.15) is 0 Å². The minimum atomic E-state index is -0.0809. The van der Waals surface area contributed by atoms with Crippen molar-refractivity contribution >= 4 is 5.91 Å². The minimum Gasteiger partial charge on any atom is -0.454 e. The van der Waals surface area contributed by atoms with E-state index in [0.717, 1.165) is 22.6 Å². The van der Waals surface area contributed by atoms with Gasteiger partial charge in [0.15, 0.2) is 11.5 Å². The molecule has 0 radical (unpaired) electrons. The number of carbonyl (C=O) groups is 1. The van der Waals surface area contributed by atoms with Gasteiger partial charge in [-0.25, -0.2) is 0 Å². The van der Waals surface area contributed by atoms with Crippen molar-refractivity contribution < 1.29 is 14.3 Å². The van der Waals surface area contributed by atoms with Gasteiger partial charge in [0.25, 0.3) is 5.91 Å². The van der Waals surface area contributed by atoms with Gasteiger partial charge in [0, 0.05) is 12.1 Å². The molecule has 2 aromatic rings. The van der Waals surface area contributed by atoms with Crippen molar-refractivity contribution in [3.8, 4) is 11.5 Å². The number of ether oxygens (including phenoxy) is 2. The fourth-order valence-corrected chi connectivity index (χ4v) is 2.04. The largest absolute Gasteiger partial charge is 0.454 e. The Kier molecular flexibility index (Phi) is 5.42. The van der Waals surface area contributed by atoms with E-state index in [0.29, 0.717) is 12.1 Å². The molecule has 0 bridgehead atoms. The van der Waals surface area contributed by atoms with Crippen molar-refractivity contribution in [3.05, 3.63) is 59.2 Å². The van der Waals surface area contributed by atoms with Crippen molar-refractivity contribution in [1.82, 2.24) is 5.32 Å². The summed E-state index contributed by atoms with van der Waals surface area (Å²) in [4.78, 5) is 12.0. The van der Waals surface area contributed by atoms with Gasteiger partial charge in [0.2, 0.25) is 6.79 Å². The number of fused-ring (bicyclic) bond motifs is 1. The van der Waals surface area contributed by atoms with Crippen LogP contribution in [-0.4, -0.2) is 12.7 Å². The summed E-state index contributed by atoms with van der Waals surface area (Å²) in [5, 5.41) is 2.89. The van der Waals surface area contributed by atoms with E-state index in [1.165, 1.54) is 0 Å². The molecule has 0 aromatic heterocycles. The molecular formula is C18H21NO3. The second kappa shape index (κ2) is 7.50. The van der Waals surface area contributed by atoms with E-state index in [9.17, 15) is 4.79 Å². The topological polar surface area (TPSA) is 47.6 Å². The van der Waals surface area contributed by atoms with E-state index in [4.69, 9.17) is 9.47 Å². The summed E-state index contributed by atoms with van der Waals surface area (Å²) >= 11 is 0. The molecule has 0 saturated heterocycles. The number of hydrogen-bond donors (Lipinski definition) is 1. The molecule has 0 aliphatic carbocycles. The molecule has 2 aromatic carbocycles. The SMILES string of the molecule is CC.Cc1ccc(C(=O)NCc2ccc3c(c2)OCO3)cc1. The summed E-state index contributed by atoms with van der Waals surface area (Å²) in [5.74, 6) is 1.40. The Hall–Kier alpha value is -2.49. The number of nitrogens with one attached hydrogen (secondary N) is 1. The smallest absolute Gasteiger partial charge is 0.251 e. The number of rotatable bonds is 3. The Morgan fingerprint density at radius 2 is 1.73 bits per heavy atom. The highest BCUT2D eigenvalue weighted by atomic mass is 16.7. The molecule has 0 saturated carbocycles. The van der Waals surface area contributed by atoms with Gasteiger partial charge < -0.3 is 14.8 Å². The molecule has 116 valence electrons. The maximum atomic E-state index is 12.0. The number of carbonyl (C=O) groups excluding carboxylic acids is 1. The molecule has 0 spiro atoms. The number of aryl methyl sites for hydroxylation is 1. The highest BCUT2D eigenvalue weighted by molar-refractivity contribution is 5.94. The standard InChI is InChI=1S/C16H15NO3.C2H6/c1-11-2-5-13(6-3-11)16(18)17-9-12-4-7-14-15(8-12)20-10-19-14;1-2/h2-8H,9-10H2,1H3,(H,17,18);1-2H3. The third-order valence-corrected chi connectivity index (χ3v) is 3.20. The Morgan fingerprint density at radius 1 is 1.05 bits per heavy atom. The summed E-state index contributed by atoms with van der Waals surface area (Å²) in [6.07, 6.45) is 0. The molecular weight excluding hydrogens is 278 g/mol. The highest BCUT2D eigenvalue weighted by Gasteiger charge is 2.13. The lowest BCUT2D eigenvalue weighted by Gasteiger charge is -2.06. The van der Waals surface area contributed by atoms with Gasteiger partial charge >= 0.3 is 0 Å². The molecule has 0 atom stereocenters. The number of benzene rings is 2. The van der Waals surface area contributed by atoms with Crippen LogP contribution in [0.3, 0.4) is 0 Å². The maximum Gasteiger partial charge on any atom is 0.251 e. The monoisotopic (exact) mass is 299 g/mol. The minimum absolute atomic E-state index is 0.0809. The van der Waals surface area contributed by atoms with Crippen LogP contribution in [0.15, 0.2) is 42.5 Å². The Morgan fingerprint density at radius 3 is 2.45 bits per heavy atom. The van der Waals surface area contributed by atoms with Crippen molar-refractivity contribution in [3.63, 3.8) is 0 Å². The first-order valence-corrected chi connectivity index (χ1v) is 7.46. The zero-order chi connectivity index (χ0) is 15.9. The van der Waals surface area contributed by atoms with Crippen LogP contribution in [0.5, 0.6) is 11.5 Å². The van der Waals surface area contributed by atoms with Gasteiger partial charge in [0.1, 0.15) is 0 Å². The lowest BCUT2D eigenvalue weighted by Crippen LogP contribution is -2.22. The van der Waals surface area contributed by atoms with Crippen molar-refractivity contribution in [2.75, 3.05) is 6.79 Å². The molecule has 1 aliphatic rings. The second-order valence-electron chi connectivity index (χ2n) is 4.74. The van der Waals surface area contributed by atoms with Crippen LogP contribution in [-0.2, 0) is 6.54 Å². The average Bonchev–Trinajstić information content (AvgIpc) is 3.03. The maximum absolute atomic E-state index is 12.0. The van der Waals surface area contributed by atoms with E-state index in [1.807, 2.05) is 63.2 Å². The fourth-order valence-electron chi connectivity index (χ4n) is 2.04. The molecule has 22 heavy (non-hydrogen) atoms. The molecule has 1 aliphatic heterocycles. The molecule has 0 unspecified atom stereocenters. The van der Waals surface area contributed by atoms with E-state index in [1.54, 1.807) is 0 Å². The average molecular weight is 299 g/mol. The fraction of sp³-hybridized carbons (Fsp3) is 0.278. The first-order valence-electron chi connectivity index (χ1n) is 7.46. The molecule has 0 fully saturated rings. The molecule has 1 amide bonds. The van der Waals surface area contributed by atoms with Crippen LogP contribution in [0.2, 0.25) is 0 Å². The van der Waals surface area contributed by atoms with Gasteiger partial charge in [0.05, 0.1) is 0 Å². The third kappa shape index (κ3) is 3.79. The first kappa shape index (κ1) is 15.9. The number of amides is 1. The lowest BCUT2D eigenvalue weighted by molar-refractivity contribution is 0.0951. The molecule has 4 heteroatoms. The second-order valence-corrected chi connectivity index (χ2v) is 4.74. The normalized spacial score (nSPS) is 11.4. The van der Waals surface area contributed by atoms with Gasteiger partial charge in [-0.05, 0) is 36.8 Å². The molecule has 3 rings (SSSR count). The van der Waals surface area contributed by atoms with E-state index in [-0.39, 0.29) is 12.7 Å². The summed E-state index contributed by atoms with van der Waals surface area (Å²) in [6, 6.07) is 13.2. The summed E-state index contributed by atoms with van der Waals surface area (Å²) in [7, 11) is 0. The van der Waals surface area contributed by atoms with Crippen molar-refractivity contribution in [1.29, 1.82) is 0 Å². The highest BCUT2D eigenvalue weighted by Crippen LogP contribution is 2.32. The van der Waals surface area contributed by atoms with Gasteiger partial charge in [-0.3, -0.25) is 4.79 Å². The van der Waals surface area contributed by atoms with Crippen LogP contribution < -0.4 is 14.8 Å². The summed E-state index contributed by atoms with van der Waals surface area (Å²) in [5.41, 5.74) is 2.78. The summed E-state index contributed by atoms with van der Waals surface area (Å²) in [6.45, 7) is 6.71.